The summed E-state index contributed by atoms with van der Waals surface area (Å²) in [5, 5.41) is 0.801. The number of aromatic nitrogens is 2. The Kier molecular flexibility index (Phi) is 3.23. The zero-order valence-corrected chi connectivity index (χ0v) is 12.8. The van der Waals surface area contributed by atoms with Gasteiger partial charge in [-0.1, -0.05) is 0 Å². The van der Waals surface area contributed by atoms with Gasteiger partial charge in [0.1, 0.15) is 17.5 Å². The monoisotopic (exact) mass is 327 g/mol. The first-order chi connectivity index (χ1) is 11.5. The van der Waals surface area contributed by atoms with E-state index in [0.29, 0.717) is 23.4 Å². The van der Waals surface area contributed by atoms with E-state index in [0.717, 1.165) is 35.7 Å². The highest BCUT2D eigenvalue weighted by molar-refractivity contribution is 5.96. The van der Waals surface area contributed by atoms with Crippen molar-refractivity contribution in [3.05, 3.63) is 53.1 Å². The maximum absolute atomic E-state index is 13.4. The van der Waals surface area contributed by atoms with Crippen LogP contribution in [0.5, 0.6) is 0 Å². The van der Waals surface area contributed by atoms with Crippen molar-refractivity contribution in [3.63, 3.8) is 0 Å². The van der Waals surface area contributed by atoms with Crippen LogP contribution in [0, 0.1) is 11.6 Å². The average Bonchev–Trinajstić information content (AvgIpc) is 2.88. The van der Waals surface area contributed by atoms with Crippen LogP contribution < -0.4 is 16.4 Å². The molecule has 7 heteroatoms. The Labute approximate surface area is 136 Å². The second-order valence-corrected chi connectivity index (χ2v) is 5.87. The molecule has 3 aromatic rings. The summed E-state index contributed by atoms with van der Waals surface area (Å²) in [7, 11) is 0. The van der Waals surface area contributed by atoms with Gasteiger partial charge in [0.2, 0.25) is 5.95 Å². The van der Waals surface area contributed by atoms with Crippen molar-refractivity contribution < 1.29 is 8.78 Å². The molecule has 1 aliphatic heterocycles. The summed E-state index contributed by atoms with van der Waals surface area (Å²) in [5.74, 6) is -0.648. The fourth-order valence-corrected chi connectivity index (χ4v) is 3.33. The van der Waals surface area contributed by atoms with Gasteiger partial charge in [0.05, 0.1) is 5.52 Å². The fraction of sp³-hybridized carbons (Fsp3) is 0.176. The lowest BCUT2D eigenvalue weighted by molar-refractivity contribution is 0.579. The zero-order valence-electron chi connectivity index (χ0n) is 12.8. The molecule has 24 heavy (non-hydrogen) atoms. The maximum atomic E-state index is 13.4. The number of hydrogen-bond acceptors (Lipinski definition) is 5. The number of fused-ring (bicyclic) bond motifs is 3. The number of rotatable bonds is 2. The lowest BCUT2D eigenvalue weighted by atomic mass is 10.1. The van der Waals surface area contributed by atoms with E-state index in [9.17, 15) is 8.78 Å². The van der Waals surface area contributed by atoms with Gasteiger partial charge in [0.15, 0.2) is 0 Å². The minimum Gasteiger partial charge on any atom is -0.383 e. The first kappa shape index (κ1) is 14.6. The normalized spacial score (nSPS) is 13.5. The van der Waals surface area contributed by atoms with Crippen LogP contribution in [-0.4, -0.2) is 16.5 Å². The summed E-state index contributed by atoms with van der Waals surface area (Å²) in [6.07, 6.45) is 0.766. The molecule has 4 rings (SSSR count). The molecule has 0 amide bonds. The van der Waals surface area contributed by atoms with Crippen LogP contribution >= 0.6 is 0 Å². The molecule has 2 heterocycles. The van der Waals surface area contributed by atoms with Crippen molar-refractivity contribution in [2.24, 2.45) is 0 Å². The minimum atomic E-state index is -0.573. The highest BCUT2D eigenvalue weighted by Gasteiger charge is 2.23. The Bertz CT molecular complexity index is 937. The quantitative estimate of drug-likeness (QED) is 0.756. The van der Waals surface area contributed by atoms with Crippen LogP contribution in [0.4, 0.5) is 26.2 Å². The van der Waals surface area contributed by atoms with Crippen molar-refractivity contribution in [1.82, 2.24) is 9.97 Å². The second kappa shape index (κ2) is 5.30. The molecule has 4 N–H and O–H groups in total. The van der Waals surface area contributed by atoms with E-state index < -0.39 is 11.6 Å². The standard InChI is InChI=1S/C17H15F2N5/c18-10-5-9(6-11(19)7-10)8-24-4-3-12-14(24)2-1-13-15(12)16(20)23-17(21)22-13/h1-2,5-7H,3-4,8H2,(H4,20,21,22,23). The van der Waals surface area contributed by atoms with Gasteiger partial charge in [-0.15, -0.1) is 0 Å². The van der Waals surface area contributed by atoms with E-state index in [4.69, 9.17) is 11.5 Å². The summed E-state index contributed by atoms with van der Waals surface area (Å²) >= 11 is 0. The van der Waals surface area contributed by atoms with E-state index >= 15 is 0 Å². The molecular formula is C17H15F2N5. The first-order valence-corrected chi connectivity index (χ1v) is 7.56. The molecule has 1 aromatic heterocycles. The van der Waals surface area contributed by atoms with Crippen LogP contribution in [0.1, 0.15) is 11.1 Å². The van der Waals surface area contributed by atoms with Crippen LogP contribution in [0.25, 0.3) is 10.9 Å². The number of nitrogens with zero attached hydrogens (tertiary/aromatic N) is 3. The number of benzene rings is 2. The Balaban J connectivity index is 1.75. The Morgan fingerprint density at radius 2 is 1.79 bits per heavy atom. The van der Waals surface area contributed by atoms with Gasteiger partial charge >= 0.3 is 0 Å². The Hall–Kier alpha value is -2.96. The van der Waals surface area contributed by atoms with Crippen molar-refractivity contribution in [2.45, 2.75) is 13.0 Å². The number of nitrogen functional groups attached to an aromatic ring is 2. The highest BCUT2D eigenvalue weighted by Crippen LogP contribution is 2.36. The largest absolute Gasteiger partial charge is 0.383 e. The molecule has 1 aliphatic rings. The predicted octanol–water partition coefficient (Wildman–Crippen LogP) is 2.64. The molecule has 0 saturated heterocycles. The van der Waals surface area contributed by atoms with Gasteiger partial charge in [-0.3, -0.25) is 0 Å². The van der Waals surface area contributed by atoms with Crippen molar-refractivity contribution in [2.75, 3.05) is 22.9 Å². The molecule has 0 aliphatic carbocycles. The summed E-state index contributed by atoms with van der Waals surface area (Å²) in [6.45, 7) is 1.15. The third kappa shape index (κ3) is 2.38. The average molecular weight is 327 g/mol. The molecule has 122 valence electrons. The van der Waals surface area contributed by atoms with E-state index in [1.807, 2.05) is 12.1 Å². The molecule has 0 spiro atoms. The number of hydrogen-bond donors (Lipinski definition) is 2. The minimum absolute atomic E-state index is 0.144. The number of nitrogens with two attached hydrogens (primary N) is 2. The topological polar surface area (TPSA) is 81.1 Å². The molecule has 0 atom stereocenters. The van der Waals surface area contributed by atoms with Crippen LogP contribution in [0.2, 0.25) is 0 Å². The molecule has 0 saturated carbocycles. The maximum Gasteiger partial charge on any atom is 0.222 e. The number of anilines is 3. The summed E-state index contributed by atoms with van der Waals surface area (Å²) in [5.41, 5.74) is 15.0. The van der Waals surface area contributed by atoms with Crippen molar-refractivity contribution in [1.29, 1.82) is 0 Å². The Morgan fingerprint density at radius 1 is 1.04 bits per heavy atom. The molecule has 2 aromatic carbocycles. The second-order valence-electron chi connectivity index (χ2n) is 5.87. The summed E-state index contributed by atoms with van der Waals surface area (Å²) < 4.78 is 26.8. The summed E-state index contributed by atoms with van der Waals surface area (Å²) in [4.78, 5) is 10.3. The van der Waals surface area contributed by atoms with E-state index in [1.54, 1.807) is 0 Å². The Morgan fingerprint density at radius 3 is 2.54 bits per heavy atom. The lowest BCUT2D eigenvalue weighted by Gasteiger charge is -2.20. The third-order valence-corrected chi connectivity index (χ3v) is 4.26. The zero-order chi connectivity index (χ0) is 16.8. The van der Waals surface area contributed by atoms with Crippen LogP contribution in [0.3, 0.4) is 0 Å². The lowest BCUT2D eigenvalue weighted by Crippen LogP contribution is -2.19. The molecular weight excluding hydrogens is 312 g/mol. The van der Waals surface area contributed by atoms with Gasteiger partial charge < -0.3 is 16.4 Å². The molecule has 0 unspecified atom stereocenters. The molecule has 0 radical (unpaired) electrons. The summed E-state index contributed by atoms with van der Waals surface area (Å²) in [6, 6.07) is 7.34. The SMILES string of the molecule is Nc1nc(N)c2c3c(ccc2n1)N(Cc1cc(F)cc(F)c1)CC3. The molecule has 5 nitrogen and oxygen atoms in total. The van der Waals surface area contributed by atoms with Gasteiger partial charge in [0.25, 0.3) is 0 Å². The van der Waals surface area contributed by atoms with Gasteiger partial charge in [-0.25, -0.2) is 13.8 Å². The fourth-order valence-electron chi connectivity index (χ4n) is 3.33. The van der Waals surface area contributed by atoms with Crippen molar-refractivity contribution >= 4 is 28.4 Å². The van der Waals surface area contributed by atoms with Crippen molar-refractivity contribution in [3.8, 4) is 0 Å². The van der Waals surface area contributed by atoms with Gasteiger partial charge in [0, 0.05) is 30.2 Å². The van der Waals surface area contributed by atoms with Crippen LogP contribution in [0.15, 0.2) is 30.3 Å². The smallest absolute Gasteiger partial charge is 0.222 e. The molecule has 0 fully saturated rings. The molecule has 0 bridgehead atoms. The van der Waals surface area contributed by atoms with E-state index in [1.165, 1.54) is 12.1 Å². The third-order valence-electron chi connectivity index (χ3n) is 4.26. The first-order valence-electron chi connectivity index (χ1n) is 7.56. The predicted molar refractivity (Wildman–Crippen MR) is 89.5 cm³/mol. The van der Waals surface area contributed by atoms with Crippen LogP contribution in [-0.2, 0) is 13.0 Å². The van der Waals surface area contributed by atoms with E-state index in [-0.39, 0.29) is 5.95 Å². The number of halogens is 2. The highest BCUT2D eigenvalue weighted by atomic mass is 19.1. The van der Waals surface area contributed by atoms with Gasteiger partial charge in [-0.2, -0.15) is 4.98 Å². The van der Waals surface area contributed by atoms with E-state index in [2.05, 4.69) is 14.9 Å². The van der Waals surface area contributed by atoms with Gasteiger partial charge in [-0.05, 0) is 41.8 Å².